The Morgan fingerprint density at radius 3 is 2.30 bits per heavy atom. The summed E-state index contributed by atoms with van der Waals surface area (Å²) < 4.78 is 13.9. The Hall–Kier alpha value is -5.62. The molecule has 9 rings (SSSR count). The molecule has 5 amide bonds. The molecular weight excluding hydrogens is 825 g/mol. The van der Waals surface area contributed by atoms with Gasteiger partial charge in [0.1, 0.15) is 17.5 Å². The van der Waals surface area contributed by atoms with Crippen molar-refractivity contribution in [2.75, 3.05) is 79.0 Å². The third-order valence-corrected chi connectivity index (χ3v) is 14.7. The molecule has 5 aliphatic rings. The first kappa shape index (κ1) is 42.7. The fourth-order valence-electron chi connectivity index (χ4n) is 10.3. The lowest BCUT2D eigenvalue weighted by Gasteiger charge is -2.37. The van der Waals surface area contributed by atoms with Crippen LogP contribution in [-0.2, 0) is 23.2 Å². The summed E-state index contributed by atoms with van der Waals surface area (Å²) in [6.07, 6.45) is 5.05. The molecule has 2 aromatic carbocycles. The highest BCUT2D eigenvalue weighted by Crippen LogP contribution is 2.41. The minimum atomic E-state index is -0.980. The summed E-state index contributed by atoms with van der Waals surface area (Å²) in [5.74, 6) is -0.372. The first-order valence-corrected chi connectivity index (χ1v) is 22.5. The lowest BCUT2D eigenvalue weighted by Crippen LogP contribution is -2.54. The van der Waals surface area contributed by atoms with Crippen LogP contribution in [0.15, 0.2) is 47.4 Å². The first-order chi connectivity index (χ1) is 30.3. The molecule has 6 heterocycles. The Morgan fingerprint density at radius 1 is 0.905 bits per heavy atom. The van der Waals surface area contributed by atoms with Crippen LogP contribution in [0.25, 0.3) is 21.2 Å². The van der Waals surface area contributed by atoms with Gasteiger partial charge in [-0.05, 0) is 101 Å². The Balaban J connectivity index is 0.767. The molecule has 16 nitrogen and oxygen atoms in total. The van der Waals surface area contributed by atoms with Gasteiger partial charge in [0, 0.05) is 87.0 Å². The van der Waals surface area contributed by atoms with Gasteiger partial charge in [0.25, 0.3) is 23.3 Å². The highest BCUT2D eigenvalue weighted by atomic mass is 32.1. The van der Waals surface area contributed by atoms with E-state index in [1.807, 2.05) is 43.4 Å². The number of piperidine rings is 2. The topological polar surface area (TPSA) is 166 Å². The number of benzene rings is 2. The molecule has 4 aromatic rings. The normalized spacial score (nSPS) is 22.7. The van der Waals surface area contributed by atoms with Crippen molar-refractivity contribution in [3.8, 4) is 22.6 Å². The Labute approximate surface area is 369 Å². The zero-order valence-corrected chi connectivity index (χ0v) is 37.2. The van der Waals surface area contributed by atoms with Crippen molar-refractivity contribution < 1.29 is 33.4 Å². The van der Waals surface area contributed by atoms with Crippen LogP contribution in [0.3, 0.4) is 0 Å². The maximum atomic E-state index is 13.8. The number of piperazine rings is 1. The lowest BCUT2D eigenvalue weighted by molar-refractivity contribution is -0.136. The summed E-state index contributed by atoms with van der Waals surface area (Å²) in [4.78, 5) is 88.6. The maximum Gasteiger partial charge on any atom is 0.262 e. The van der Waals surface area contributed by atoms with Crippen LogP contribution in [0, 0.1) is 5.92 Å². The Bertz CT molecular complexity index is 2550. The molecule has 2 N–H and O–H groups in total. The van der Waals surface area contributed by atoms with Gasteiger partial charge in [0.2, 0.25) is 11.8 Å². The summed E-state index contributed by atoms with van der Waals surface area (Å²) in [5, 5.41) is 6.10. The number of nitrogens with zero attached hydrogens (tertiary/aromatic N) is 6. The maximum absolute atomic E-state index is 13.8. The molecule has 4 aliphatic heterocycles. The molecule has 0 radical (unpaired) electrons. The molecular formula is C46H54N8O8S. The second kappa shape index (κ2) is 17.2. The molecule has 17 heteroatoms. The number of anilines is 1. The third-order valence-electron chi connectivity index (χ3n) is 13.5. The number of carbonyl (C=O) groups is 5. The molecule has 63 heavy (non-hydrogen) atoms. The number of imide groups is 2. The van der Waals surface area contributed by atoms with Crippen LogP contribution in [0.2, 0.25) is 0 Å². The van der Waals surface area contributed by atoms with Crippen molar-refractivity contribution in [3.05, 3.63) is 74.5 Å². The Kier molecular flexibility index (Phi) is 11.6. The van der Waals surface area contributed by atoms with E-state index in [0.29, 0.717) is 45.8 Å². The minimum absolute atomic E-state index is 0.0868. The number of aryl methyl sites for hydroxylation is 1. The number of amides is 5. The van der Waals surface area contributed by atoms with Gasteiger partial charge in [0.15, 0.2) is 0 Å². The molecule has 0 spiro atoms. The largest absolute Gasteiger partial charge is 0.496 e. The van der Waals surface area contributed by atoms with Gasteiger partial charge >= 0.3 is 0 Å². The van der Waals surface area contributed by atoms with Crippen LogP contribution in [0.4, 0.5) is 5.69 Å². The van der Waals surface area contributed by atoms with Crippen LogP contribution < -0.4 is 30.6 Å². The number of fused-ring (bicyclic) bond motifs is 4. The predicted molar refractivity (Wildman–Crippen MR) is 239 cm³/mol. The van der Waals surface area contributed by atoms with Crippen molar-refractivity contribution >= 4 is 56.6 Å². The molecule has 4 unspecified atom stereocenters. The van der Waals surface area contributed by atoms with E-state index in [4.69, 9.17) is 9.47 Å². The average molecular weight is 879 g/mol. The quantitative estimate of drug-likeness (QED) is 0.189. The number of nitrogens with one attached hydrogen (secondary N) is 2. The zero-order chi connectivity index (χ0) is 44.3. The number of thiophene rings is 1. The highest BCUT2D eigenvalue weighted by Gasteiger charge is 2.46. The molecule has 4 fully saturated rings. The molecule has 1 saturated carbocycles. The number of ether oxygens (including phenoxy) is 2. The lowest BCUT2D eigenvalue weighted by atomic mass is 10.0. The van der Waals surface area contributed by atoms with E-state index in [9.17, 15) is 28.8 Å². The number of likely N-dealkylation sites (tertiary alicyclic amines) is 1. The average Bonchev–Trinajstić information content (AvgIpc) is 4.05. The van der Waals surface area contributed by atoms with Gasteiger partial charge in [-0.2, -0.15) is 0 Å². The second-order valence-corrected chi connectivity index (χ2v) is 18.8. The smallest absolute Gasteiger partial charge is 0.262 e. The molecule has 4 atom stereocenters. The fraction of sp³-hybridized carbons (Fsp3) is 0.478. The number of hydrogen-bond donors (Lipinski definition) is 2. The number of rotatable bonds is 13. The predicted octanol–water partition coefficient (Wildman–Crippen LogP) is 3.15. The van der Waals surface area contributed by atoms with Gasteiger partial charge in [-0.1, -0.05) is 0 Å². The van der Waals surface area contributed by atoms with E-state index in [2.05, 4.69) is 25.3 Å². The monoisotopic (exact) mass is 878 g/mol. The van der Waals surface area contributed by atoms with Gasteiger partial charge in [0.05, 0.1) is 41.2 Å². The minimum Gasteiger partial charge on any atom is -0.496 e. The fourth-order valence-corrected chi connectivity index (χ4v) is 11.4. The van der Waals surface area contributed by atoms with Crippen LogP contribution in [-0.4, -0.2) is 146 Å². The van der Waals surface area contributed by atoms with E-state index in [1.54, 1.807) is 44.0 Å². The van der Waals surface area contributed by atoms with Gasteiger partial charge < -0.3 is 29.2 Å². The van der Waals surface area contributed by atoms with Crippen molar-refractivity contribution in [2.45, 2.75) is 56.8 Å². The summed E-state index contributed by atoms with van der Waals surface area (Å²) in [7, 11) is 8.98. The molecule has 2 aromatic heterocycles. The van der Waals surface area contributed by atoms with E-state index in [1.165, 1.54) is 11.3 Å². The number of carbonyl (C=O) groups excluding carboxylic acids is 5. The second-order valence-electron chi connectivity index (χ2n) is 17.7. The molecule has 1 aliphatic carbocycles. The molecule has 332 valence electrons. The van der Waals surface area contributed by atoms with E-state index in [0.717, 1.165) is 97.1 Å². The van der Waals surface area contributed by atoms with Crippen molar-refractivity contribution in [1.82, 2.24) is 34.8 Å². The van der Waals surface area contributed by atoms with Crippen LogP contribution >= 0.6 is 11.3 Å². The third kappa shape index (κ3) is 8.00. The van der Waals surface area contributed by atoms with Gasteiger partial charge in [-0.25, -0.2) is 0 Å². The van der Waals surface area contributed by atoms with Crippen molar-refractivity contribution in [2.24, 2.45) is 13.0 Å². The molecule has 2 bridgehead atoms. The van der Waals surface area contributed by atoms with Crippen molar-refractivity contribution in [1.29, 1.82) is 0 Å². The summed E-state index contributed by atoms with van der Waals surface area (Å²) in [6.45, 7) is 6.90. The van der Waals surface area contributed by atoms with E-state index in [-0.39, 0.29) is 35.9 Å². The van der Waals surface area contributed by atoms with Crippen LogP contribution in [0.1, 0.15) is 68.1 Å². The number of methoxy groups -OCH3 is 2. The van der Waals surface area contributed by atoms with Crippen LogP contribution in [0.5, 0.6) is 11.5 Å². The zero-order valence-electron chi connectivity index (χ0n) is 36.4. The van der Waals surface area contributed by atoms with E-state index >= 15 is 0 Å². The SMILES string of the molecule is COc1cc(-c2cn(C)c(=O)c3cc(C(=O)NC4CC5CC4CN5CCCN4CCN(c5ccc6c(c5)C(=O)N(C5CCC(=O)NC5=O)C6=O)CC4)sc23)cc(OC)c1CN(C)C. The summed E-state index contributed by atoms with van der Waals surface area (Å²) >= 11 is 1.35. The standard InChI is InChI=1S/C46H54N8O8S/c1-49(2)24-34-37(61-4)18-26(19-38(34)62-5)33-25-50(3)44(58)32-22-39(63-41(32)33)43(57)47-35-21-29-17-27(35)23-53(29)12-6-11-51-13-15-52(16-14-51)28-7-8-30-31(20-28)46(60)54(45(30)59)36-9-10-40(55)48-42(36)56/h7-8,18-20,22,25,27,29,35-36H,6,9-17,21,23-24H2,1-5H3,(H,47,57)(H,48,55,56). The summed E-state index contributed by atoms with van der Waals surface area (Å²) in [6, 6.07) is 10.5. The number of hydrogen-bond acceptors (Lipinski definition) is 13. The van der Waals surface area contributed by atoms with Crippen molar-refractivity contribution in [3.63, 3.8) is 0 Å². The number of pyridine rings is 1. The van der Waals surface area contributed by atoms with Gasteiger partial charge in [-0.15, -0.1) is 11.3 Å². The van der Waals surface area contributed by atoms with Gasteiger partial charge in [-0.3, -0.25) is 48.8 Å². The number of aromatic nitrogens is 1. The summed E-state index contributed by atoms with van der Waals surface area (Å²) in [5.41, 5.74) is 3.91. The van der Waals surface area contributed by atoms with E-state index < -0.39 is 29.7 Å². The Morgan fingerprint density at radius 2 is 1.63 bits per heavy atom. The first-order valence-electron chi connectivity index (χ1n) is 21.7. The molecule has 3 saturated heterocycles. The highest BCUT2D eigenvalue weighted by molar-refractivity contribution is 7.21.